The topological polar surface area (TPSA) is 68.2 Å². The molecule has 0 bridgehead atoms. The maximum absolute atomic E-state index is 12.3. The molecule has 2 rings (SSSR count). The molecule has 0 aliphatic carbocycles. The van der Waals surface area contributed by atoms with Crippen LogP contribution in [0.3, 0.4) is 0 Å². The molecule has 0 fully saturated rings. The van der Waals surface area contributed by atoms with E-state index in [0.717, 1.165) is 22.5 Å². The van der Waals surface area contributed by atoms with Crippen molar-refractivity contribution in [1.82, 2.24) is 0 Å². The molecule has 5 nitrogen and oxygen atoms in total. The van der Waals surface area contributed by atoms with Gasteiger partial charge in [-0.05, 0) is 49.7 Å². The number of carbonyl (C=O) groups excluding carboxylic acids is 1. The van der Waals surface area contributed by atoms with E-state index in [2.05, 4.69) is 10.6 Å². The molecule has 2 aromatic carbocycles. The Morgan fingerprint density at radius 2 is 1.80 bits per heavy atom. The standard InChI is InChI=1S/C20H22N4O/c1-14-5-10-19(15(2)11-14)23-20(25)16(12-21)13-22-17-6-8-18(9-7-17)24(3)4/h5-11,13,22H,1-4H3,(H,23,25)/b16-13-. The molecule has 1 amide bonds. The summed E-state index contributed by atoms with van der Waals surface area (Å²) in [6.07, 6.45) is 1.42. The quantitative estimate of drug-likeness (QED) is 0.644. The Morgan fingerprint density at radius 1 is 1.12 bits per heavy atom. The summed E-state index contributed by atoms with van der Waals surface area (Å²) < 4.78 is 0. The van der Waals surface area contributed by atoms with Crippen molar-refractivity contribution >= 4 is 23.0 Å². The van der Waals surface area contributed by atoms with E-state index < -0.39 is 5.91 Å². The van der Waals surface area contributed by atoms with E-state index in [0.29, 0.717) is 5.69 Å². The Morgan fingerprint density at radius 3 is 2.36 bits per heavy atom. The lowest BCUT2D eigenvalue weighted by Gasteiger charge is -2.12. The van der Waals surface area contributed by atoms with Crippen molar-refractivity contribution in [3.8, 4) is 6.07 Å². The fourth-order valence-electron chi connectivity index (χ4n) is 2.30. The van der Waals surface area contributed by atoms with E-state index in [9.17, 15) is 10.1 Å². The molecule has 128 valence electrons. The first-order valence-electron chi connectivity index (χ1n) is 7.93. The summed E-state index contributed by atoms with van der Waals surface area (Å²) in [6, 6.07) is 15.4. The van der Waals surface area contributed by atoms with Crippen molar-refractivity contribution in [2.45, 2.75) is 13.8 Å². The number of rotatable bonds is 5. The van der Waals surface area contributed by atoms with Crippen LogP contribution >= 0.6 is 0 Å². The van der Waals surface area contributed by atoms with Gasteiger partial charge in [0.05, 0.1) is 0 Å². The summed E-state index contributed by atoms with van der Waals surface area (Å²) >= 11 is 0. The molecule has 0 atom stereocenters. The Hall–Kier alpha value is -3.26. The highest BCUT2D eigenvalue weighted by molar-refractivity contribution is 6.07. The second-order valence-electron chi connectivity index (χ2n) is 6.03. The summed E-state index contributed by atoms with van der Waals surface area (Å²) in [6.45, 7) is 3.91. The zero-order valence-corrected chi connectivity index (χ0v) is 14.9. The van der Waals surface area contributed by atoms with Crippen LogP contribution in [0.1, 0.15) is 11.1 Å². The molecule has 0 heterocycles. The number of carbonyl (C=O) groups is 1. The molecule has 5 heteroatoms. The minimum atomic E-state index is -0.438. The highest BCUT2D eigenvalue weighted by Gasteiger charge is 2.10. The van der Waals surface area contributed by atoms with E-state index in [1.165, 1.54) is 6.20 Å². The molecule has 0 radical (unpaired) electrons. The first-order valence-corrected chi connectivity index (χ1v) is 7.93. The first-order chi connectivity index (χ1) is 11.9. The fourth-order valence-corrected chi connectivity index (χ4v) is 2.30. The lowest BCUT2D eigenvalue weighted by Crippen LogP contribution is -2.15. The van der Waals surface area contributed by atoms with Gasteiger partial charge in [-0.3, -0.25) is 4.79 Å². The van der Waals surface area contributed by atoms with Gasteiger partial charge in [0, 0.05) is 37.4 Å². The Kier molecular flexibility index (Phi) is 5.80. The molecule has 2 aromatic rings. The maximum Gasteiger partial charge on any atom is 0.267 e. The first kappa shape index (κ1) is 18.1. The van der Waals surface area contributed by atoms with Crippen molar-refractivity contribution in [2.24, 2.45) is 0 Å². The average molecular weight is 334 g/mol. The number of hydrogen-bond donors (Lipinski definition) is 2. The monoisotopic (exact) mass is 334 g/mol. The van der Waals surface area contributed by atoms with Crippen LogP contribution in [0.5, 0.6) is 0 Å². The van der Waals surface area contributed by atoms with E-state index in [1.807, 2.05) is 81.4 Å². The van der Waals surface area contributed by atoms with Crippen LogP contribution in [0, 0.1) is 25.2 Å². The van der Waals surface area contributed by atoms with Crippen molar-refractivity contribution in [3.05, 3.63) is 65.4 Å². The SMILES string of the molecule is Cc1ccc(NC(=O)/C(C#N)=C\Nc2ccc(N(C)C)cc2)c(C)c1. The molecule has 0 aromatic heterocycles. The highest BCUT2D eigenvalue weighted by atomic mass is 16.1. The number of hydrogen-bond acceptors (Lipinski definition) is 4. The third-order valence-corrected chi connectivity index (χ3v) is 3.76. The van der Waals surface area contributed by atoms with Gasteiger partial charge < -0.3 is 15.5 Å². The summed E-state index contributed by atoms with van der Waals surface area (Å²) in [4.78, 5) is 14.3. The van der Waals surface area contributed by atoms with E-state index in [4.69, 9.17) is 0 Å². The Labute approximate surface area is 148 Å². The van der Waals surface area contributed by atoms with Crippen molar-refractivity contribution in [3.63, 3.8) is 0 Å². The number of nitrogens with zero attached hydrogens (tertiary/aromatic N) is 2. The van der Waals surface area contributed by atoms with Crippen molar-refractivity contribution in [2.75, 3.05) is 29.6 Å². The number of aryl methyl sites for hydroxylation is 2. The average Bonchev–Trinajstić information content (AvgIpc) is 2.58. The predicted octanol–water partition coefficient (Wildman–Crippen LogP) is 3.83. The zero-order chi connectivity index (χ0) is 18.4. The van der Waals surface area contributed by atoms with Crippen LogP contribution in [0.2, 0.25) is 0 Å². The second-order valence-corrected chi connectivity index (χ2v) is 6.03. The van der Waals surface area contributed by atoms with Gasteiger partial charge in [-0.25, -0.2) is 0 Å². The fraction of sp³-hybridized carbons (Fsp3) is 0.200. The van der Waals surface area contributed by atoms with Crippen LogP contribution in [0.15, 0.2) is 54.2 Å². The van der Waals surface area contributed by atoms with Crippen LogP contribution in [-0.4, -0.2) is 20.0 Å². The number of benzene rings is 2. The Bertz CT molecular complexity index is 830. The summed E-state index contributed by atoms with van der Waals surface area (Å²) in [5.74, 6) is -0.438. The highest BCUT2D eigenvalue weighted by Crippen LogP contribution is 2.18. The van der Waals surface area contributed by atoms with E-state index in [-0.39, 0.29) is 5.57 Å². The van der Waals surface area contributed by atoms with Gasteiger partial charge in [-0.15, -0.1) is 0 Å². The lowest BCUT2D eigenvalue weighted by atomic mass is 10.1. The zero-order valence-electron chi connectivity index (χ0n) is 14.9. The molecule has 0 aliphatic rings. The lowest BCUT2D eigenvalue weighted by molar-refractivity contribution is -0.112. The van der Waals surface area contributed by atoms with E-state index in [1.54, 1.807) is 0 Å². The van der Waals surface area contributed by atoms with Gasteiger partial charge in [-0.2, -0.15) is 5.26 Å². The minimum absolute atomic E-state index is 0.0108. The number of amides is 1. The third kappa shape index (κ3) is 4.85. The van der Waals surface area contributed by atoms with Gasteiger partial charge in [-0.1, -0.05) is 17.7 Å². The molecule has 0 spiro atoms. The van der Waals surface area contributed by atoms with Gasteiger partial charge in [0.1, 0.15) is 11.6 Å². The molecule has 25 heavy (non-hydrogen) atoms. The van der Waals surface area contributed by atoms with E-state index >= 15 is 0 Å². The van der Waals surface area contributed by atoms with Crippen LogP contribution in [-0.2, 0) is 4.79 Å². The summed E-state index contributed by atoms with van der Waals surface area (Å²) in [5, 5.41) is 15.0. The van der Waals surface area contributed by atoms with Crippen LogP contribution in [0.25, 0.3) is 0 Å². The Balaban J connectivity index is 2.08. The summed E-state index contributed by atoms with van der Waals surface area (Å²) in [7, 11) is 3.93. The van der Waals surface area contributed by atoms with Gasteiger partial charge in [0.15, 0.2) is 0 Å². The molecule has 2 N–H and O–H groups in total. The van der Waals surface area contributed by atoms with Gasteiger partial charge in [0.2, 0.25) is 0 Å². The third-order valence-electron chi connectivity index (χ3n) is 3.76. The molecular formula is C20H22N4O. The maximum atomic E-state index is 12.3. The van der Waals surface area contributed by atoms with Crippen LogP contribution in [0.4, 0.5) is 17.1 Å². The molecule has 0 aliphatic heterocycles. The molecule has 0 saturated heterocycles. The normalized spacial score (nSPS) is 10.8. The largest absolute Gasteiger partial charge is 0.378 e. The second kappa shape index (κ2) is 8.02. The number of nitriles is 1. The predicted molar refractivity (Wildman–Crippen MR) is 103 cm³/mol. The van der Waals surface area contributed by atoms with Gasteiger partial charge in [0.25, 0.3) is 5.91 Å². The smallest absolute Gasteiger partial charge is 0.267 e. The summed E-state index contributed by atoms with van der Waals surface area (Å²) in [5.41, 5.74) is 4.66. The minimum Gasteiger partial charge on any atom is -0.378 e. The molecular weight excluding hydrogens is 312 g/mol. The molecule has 0 unspecified atom stereocenters. The number of nitrogens with one attached hydrogen (secondary N) is 2. The van der Waals surface area contributed by atoms with Gasteiger partial charge >= 0.3 is 0 Å². The van der Waals surface area contributed by atoms with Crippen molar-refractivity contribution < 1.29 is 4.79 Å². The van der Waals surface area contributed by atoms with Crippen molar-refractivity contribution in [1.29, 1.82) is 5.26 Å². The van der Waals surface area contributed by atoms with Crippen LogP contribution < -0.4 is 15.5 Å². The number of anilines is 3. The molecule has 0 saturated carbocycles.